The van der Waals surface area contributed by atoms with Gasteiger partial charge in [-0.2, -0.15) is 10.5 Å². The summed E-state index contributed by atoms with van der Waals surface area (Å²) in [5.41, 5.74) is 2.14. The molecule has 3 fully saturated rings. The molecule has 1 aromatic rings. The highest BCUT2D eigenvalue weighted by molar-refractivity contribution is 5.61. The van der Waals surface area contributed by atoms with Crippen LogP contribution in [0.3, 0.4) is 0 Å². The van der Waals surface area contributed by atoms with Gasteiger partial charge in [-0.05, 0) is 47.6 Å². The second kappa shape index (κ2) is 6.46. The molecule has 0 radical (unpaired) electrons. The van der Waals surface area contributed by atoms with Crippen molar-refractivity contribution in [1.82, 2.24) is 0 Å². The highest BCUT2D eigenvalue weighted by Gasteiger charge is 2.52. The fourth-order valence-electron chi connectivity index (χ4n) is 4.48. The first-order valence-electron chi connectivity index (χ1n) is 8.35. The van der Waals surface area contributed by atoms with Crippen LogP contribution in [0.25, 0.3) is 6.08 Å². The Kier molecular flexibility index (Phi) is 4.36. The Morgan fingerprint density at radius 2 is 1.96 bits per heavy atom. The van der Waals surface area contributed by atoms with Crippen LogP contribution in [0.1, 0.15) is 31.7 Å². The van der Waals surface area contributed by atoms with Crippen molar-refractivity contribution < 1.29 is 4.79 Å². The highest BCUT2D eigenvalue weighted by Crippen LogP contribution is 2.59. The third-order valence-electron chi connectivity index (χ3n) is 5.75. The Balaban J connectivity index is 2.02. The van der Waals surface area contributed by atoms with Gasteiger partial charge in [-0.3, -0.25) is 0 Å². The van der Waals surface area contributed by atoms with Gasteiger partial charge in [0.1, 0.15) is 24.0 Å². The van der Waals surface area contributed by atoms with E-state index in [-0.39, 0.29) is 28.7 Å². The fourth-order valence-corrected chi connectivity index (χ4v) is 4.48. The Bertz CT molecular complexity index is 762. The quantitative estimate of drug-likeness (QED) is 0.617. The Morgan fingerprint density at radius 1 is 1.25 bits per heavy atom. The van der Waals surface area contributed by atoms with Crippen molar-refractivity contribution >= 4 is 12.4 Å². The van der Waals surface area contributed by atoms with Gasteiger partial charge in [0.25, 0.3) is 0 Å². The zero-order valence-corrected chi connectivity index (χ0v) is 13.8. The van der Waals surface area contributed by atoms with E-state index in [9.17, 15) is 15.3 Å². The number of hydrogen-bond acceptors (Lipinski definition) is 3. The van der Waals surface area contributed by atoms with Gasteiger partial charge < -0.3 is 4.79 Å². The van der Waals surface area contributed by atoms with Crippen molar-refractivity contribution in [3.63, 3.8) is 0 Å². The summed E-state index contributed by atoms with van der Waals surface area (Å²) >= 11 is 0. The van der Waals surface area contributed by atoms with Gasteiger partial charge in [0.2, 0.25) is 0 Å². The van der Waals surface area contributed by atoms with E-state index in [2.05, 4.69) is 31.2 Å². The summed E-state index contributed by atoms with van der Waals surface area (Å²) in [6, 6.07) is 14.1. The number of benzene rings is 1. The first-order valence-corrected chi connectivity index (χ1v) is 8.35. The lowest BCUT2D eigenvalue weighted by Crippen LogP contribution is -2.48. The first kappa shape index (κ1) is 16.2. The average molecular weight is 316 g/mol. The molecule has 0 aliphatic heterocycles. The van der Waals surface area contributed by atoms with Crippen molar-refractivity contribution in [2.24, 2.45) is 23.2 Å². The molecule has 1 aromatic carbocycles. The number of aldehydes is 1. The molecule has 4 unspecified atom stereocenters. The number of carbonyl (C=O) groups is 1. The van der Waals surface area contributed by atoms with Crippen molar-refractivity contribution in [3.05, 3.63) is 53.1 Å². The Hall–Kier alpha value is -2.65. The minimum absolute atomic E-state index is 0.0569. The minimum Gasteiger partial charge on any atom is -0.303 e. The molecule has 3 saturated carbocycles. The van der Waals surface area contributed by atoms with Crippen LogP contribution in [-0.2, 0) is 4.79 Å². The third kappa shape index (κ3) is 2.68. The van der Waals surface area contributed by atoms with Gasteiger partial charge in [-0.25, -0.2) is 0 Å². The van der Waals surface area contributed by atoms with Crippen LogP contribution in [0.15, 0.2) is 47.6 Å². The average Bonchev–Trinajstić information content (AvgIpc) is 2.61. The summed E-state index contributed by atoms with van der Waals surface area (Å²) in [4.78, 5) is 11.8. The number of fused-ring (bicyclic) bond motifs is 3. The zero-order valence-electron chi connectivity index (χ0n) is 13.8. The monoisotopic (exact) mass is 316 g/mol. The molecule has 3 heteroatoms. The normalized spacial score (nSPS) is 31.5. The molecule has 0 amide bonds. The van der Waals surface area contributed by atoms with Crippen molar-refractivity contribution in [3.8, 4) is 12.1 Å². The Labute approximate surface area is 142 Å². The van der Waals surface area contributed by atoms with Gasteiger partial charge in [0, 0.05) is 5.92 Å². The number of nitriles is 2. The van der Waals surface area contributed by atoms with Gasteiger partial charge in [-0.15, -0.1) is 0 Å². The van der Waals surface area contributed by atoms with E-state index in [0.29, 0.717) is 6.42 Å². The molecular formula is C21H20N2O. The third-order valence-corrected chi connectivity index (χ3v) is 5.75. The SMILES string of the molecule is CC12CCC(C(=C(C#N)C#N)C1)C(/C=C/c1ccccc1)C2C=O. The maximum absolute atomic E-state index is 11.8. The molecule has 3 aliphatic rings. The van der Waals surface area contributed by atoms with E-state index in [0.717, 1.165) is 30.3 Å². The summed E-state index contributed by atoms with van der Waals surface area (Å²) in [5.74, 6) is 0.122. The van der Waals surface area contributed by atoms with Crippen LogP contribution < -0.4 is 0 Å². The summed E-state index contributed by atoms with van der Waals surface area (Å²) in [5, 5.41) is 18.6. The number of nitrogens with zero attached hydrogens (tertiary/aromatic N) is 2. The molecule has 0 saturated heterocycles. The summed E-state index contributed by atoms with van der Waals surface area (Å²) in [7, 11) is 0. The van der Waals surface area contributed by atoms with Crippen molar-refractivity contribution in [2.45, 2.75) is 26.2 Å². The van der Waals surface area contributed by atoms with E-state index < -0.39 is 0 Å². The fraction of sp³-hybridized carbons (Fsp3) is 0.381. The van der Waals surface area contributed by atoms with Crippen LogP contribution in [0, 0.1) is 45.8 Å². The number of hydrogen-bond donors (Lipinski definition) is 0. The highest BCUT2D eigenvalue weighted by atomic mass is 16.1. The molecule has 3 aliphatic carbocycles. The molecule has 3 nitrogen and oxygen atoms in total. The van der Waals surface area contributed by atoms with Crippen molar-refractivity contribution in [2.75, 3.05) is 0 Å². The lowest BCUT2D eigenvalue weighted by Gasteiger charge is -2.53. The molecule has 0 N–H and O–H groups in total. The maximum atomic E-state index is 11.8. The molecule has 0 heterocycles. The molecule has 0 aromatic heterocycles. The topological polar surface area (TPSA) is 64.7 Å². The summed E-state index contributed by atoms with van der Waals surface area (Å²) in [6.07, 6.45) is 7.86. The van der Waals surface area contributed by atoms with Crippen LogP contribution >= 0.6 is 0 Å². The van der Waals surface area contributed by atoms with Crippen LogP contribution in [0.2, 0.25) is 0 Å². The lowest BCUT2D eigenvalue weighted by atomic mass is 9.49. The van der Waals surface area contributed by atoms with Gasteiger partial charge in [0.05, 0.1) is 0 Å². The van der Waals surface area contributed by atoms with Crippen LogP contribution in [0.4, 0.5) is 0 Å². The minimum atomic E-state index is -0.156. The van der Waals surface area contributed by atoms with Gasteiger partial charge >= 0.3 is 0 Å². The van der Waals surface area contributed by atoms with Crippen LogP contribution in [0.5, 0.6) is 0 Å². The Morgan fingerprint density at radius 3 is 2.58 bits per heavy atom. The molecule has 2 bridgehead atoms. The molecule has 24 heavy (non-hydrogen) atoms. The maximum Gasteiger partial charge on any atom is 0.129 e. The predicted octanol–water partition coefficient (Wildman–Crippen LogP) is 4.29. The van der Waals surface area contributed by atoms with E-state index in [4.69, 9.17) is 0 Å². The zero-order chi connectivity index (χ0) is 17.2. The van der Waals surface area contributed by atoms with E-state index in [1.807, 2.05) is 30.3 Å². The van der Waals surface area contributed by atoms with Crippen LogP contribution in [-0.4, -0.2) is 6.29 Å². The molecule has 120 valence electrons. The van der Waals surface area contributed by atoms with Gasteiger partial charge in [-0.1, -0.05) is 49.4 Å². The van der Waals surface area contributed by atoms with Gasteiger partial charge in [0.15, 0.2) is 0 Å². The standard InChI is InChI=1S/C21H20N2O/c1-21-10-9-17(19(11-21)16(12-22)13-23)18(20(21)14-24)8-7-15-5-3-2-4-6-15/h2-8,14,17-18,20H,9-11H2,1H3/b8-7+. The predicted molar refractivity (Wildman–Crippen MR) is 92.2 cm³/mol. The second-order valence-electron chi connectivity index (χ2n) is 7.11. The smallest absolute Gasteiger partial charge is 0.129 e. The summed E-state index contributed by atoms with van der Waals surface area (Å²) in [6.45, 7) is 2.12. The number of rotatable bonds is 3. The first-order chi connectivity index (χ1) is 11.6. The van der Waals surface area contributed by atoms with E-state index >= 15 is 0 Å². The largest absolute Gasteiger partial charge is 0.303 e. The van der Waals surface area contributed by atoms with E-state index in [1.165, 1.54) is 0 Å². The number of allylic oxidation sites excluding steroid dienone is 3. The lowest BCUT2D eigenvalue weighted by molar-refractivity contribution is -0.121. The van der Waals surface area contributed by atoms with Crippen molar-refractivity contribution in [1.29, 1.82) is 10.5 Å². The molecular weight excluding hydrogens is 296 g/mol. The summed E-state index contributed by atoms with van der Waals surface area (Å²) < 4.78 is 0. The second-order valence-corrected chi connectivity index (χ2v) is 7.11. The molecule has 4 atom stereocenters. The molecule has 0 spiro atoms. The molecule has 4 rings (SSSR count). The van der Waals surface area contributed by atoms with E-state index in [1.54, 1.807) is 0 Å². The number of carbonyl (C=O) groups excluding carboxylic acids is 1.